The summed E-state index contributed by atoms with van der Waals surface area (Å²) in [6.07, 6.45) is 6.39. The summed E-state index contributed by atoms with van der Waals surface area (Å²) in [6, 6.07) is 24.2. The normalized spacial score (nSPS) is 11.7. The molecule has 0 aliphatic rings. The molecule has 5 aromatic rings. The van der Waals surface area contributed by atoms with Crippen molar-refractivity contribution in [3.05, 3.63) is 105 Å². The van der Waals surface area contributed by atoms with E-state index in [1.807, 2.05) is 42.6 Å². The van der Waals surface area contributed by atoms with Crippen molar-refractivity contribution in [3.63, 3.8) is 0 Å². The van der Waals surface area contributed by atoms with E-state index < -0.39 is 0 Å². The summed E-state index contributed by atoms with van der Waals surface area (Å²) in [6.45, 7) is 2.13. The van der Waals surface area contributed by atoms with Crippen molar-refractivity contribution in [2.45, 2.75) is 26.2 Å². The van der Waals surface area contributed by atoms with Crippen LogP contribution in [0.25, 0.3) is 27.4 Å². The minimum absolute atomic E-state index is 0.160. The van der Waals surface area contributed by atoms with Crippen LogP contribution in [0, 0.1) is 0 Å². The molecule has 0 fully saturated rings. The Bertz CT molecular complexity index is 1550. The van der Waals surface area contributed by atoms with Crippen LogP contribution in [-0.2, 0) is 6.42 Å². The van der Waals surface area contributed by atoms with Crippen LogP contribution in [0.4, 0.5) is 0 Å². The fourth-order valence-electron chi connectivity index (χ4n) is 3.99. The molecule has 0 saturated heterocycles. The maximum absolute atomic E-state index is 13.3. The molecule has 164 valence electrons. The Hall–Kier alpha value is -3.51. The number of aromatic nitrogens is 3. The van der Waals surface area contributed by atoms with E-state index in [-0.39, 0.29) is 5.56 Å². The molecule has 5 nitrogen and oxygen atoms in total. The zero-order valence-corrected chi connectivity index (χ0v) is 19.9. The lowest BCUT2D eigenvalue weighted by atomic mass is 10.1. The number of fused-ring (bicyclic) bond motifs is 2. The Morgan fingerprint density at radius 3 is 2.70 bits per heavy atom. The van der Waals surface area contributed by atoms with Crippen molar-refractivity contribution in [1.29, 1.82) is 0 Å². The highest BCUT2D eigenvalue weighted by molar-refractivity contribution is 9.10. The maximum Gasteiger partial charge on any atom is 0.282 e. The van der Waals surface area contributed by atoms with Crippen LogP contribution in [0.3, 0.4) is 0 Å². The van der Waals surface area contributed by atoms with Crippen molar-refractivity contribution in [1.82, 2.24) is 14.2 Å². The minimum Gasteiger partial charge on any atom is -0.316 e. The van der Waals surface area contributed by atoms with E-state index in [1.54, 1.807) is 12.3 Å². The number of aryl methyl sites for hydroxylation is 1. The monoisotopic (exact) mass is 498 g/mol. The van der Waals surface area contributed by atoms with E-state index in [0.29, 0.717) is 23.1 Å². The highest BCUT2D eigenvalue weighted by Crippen LogP contribution is 2.20. The average Bonchev–Trinajstić information content (AvgIpc) is 3.31. The molecular weight excluding hydrogens is 476 g/mol. The number of rotatable bonds is 6. The van der Waals surface area contributed by atoms with E-state index in [2.05, 4.69) is 62.9 Å². The van der Waals surface area contributed by atoms with E-state index in [9.17, 15) is 4.79 Å². The van der Waals surface area contributed by atoms with Crippen molar-refractivity contribution >= 4 is 43.8 Å². The molecule has 0 N–H and O–H groups in total. The molecule has 0 atom stereocenters. The summed E-state index contributed by atoms with van der Waals surface area (Å²) >= 11 is 3.46. The van der Waals surface area contributed by atoms with Crippen molar-refractivity contribution in [2.24, 2.45) is 5.10 Å². The second-order valence-electron chi connectivity index (χ2n) is 7.99. The van der Waals surface area contributed by atoms with E-state index in [0.717, 1.165) is 28.7 Å². The van der Waals surface area contributed by atoms with Gasteiger partial charge in [0.05, 0.1) is 22.8 Å². The standard InChI is InChI=1S/C27H23BrN4O/c1-2-3-10-26-30-25-14-12-21(28)17-24(25)27(33)32(26)29-18-23-9-6-15-31(23)22-13-11-19-7-4-5-8-20(19)16-22/h4-9,11-18H,2-3,10H2,1H3. The van der Waals surface area contributed by atoms with Crippen LogP contribution in [0.5, 0.6) is 0 Å². The number of halogens is 1. The molecule has 33 heavy (non-hydrogen) atoms. The SMILES string of the molecule is CCCCc1nc2ccc(Br)cc2c(=O)n1N=Cc1cccn1-c1ccc2ccccc2c1. The third-order valence-corrected chi connectivity index (χ3v) is 6.22. The largest absolute Gasteiger partial charge is 0.316 e. The van der Waals surface area contributed by atoms with Crippen LogP contribution in [-0.4, -0.2) is 20.4 Å². The van der Waals surface area contributed by atoms with E-state index >= 15 is 0 Å². The summed E-state index contributed by atoms with van der Waals surface area (Å²) < 4.78 is 4.36. The smallest absolute Gasteiger partial charge is 0.282 e. The molecule has 0 spiro atoms. The van der Waals surface area contributed by atoms with Gasteiger partial charge in [0, 0.05) is 22.8 Å². The highest BCUT2D eigenvalue weighted by atomic mass is 79.9. The fourth-order valence-corrected chi connectivity index (χ4v) is 4.35. The summed E-state index contributed by atoms with van der Waals surface area (Å²) in [5.74, 6) is 0.678. The van der Waals surface area contributed by atoms with Crippen molar-refractivity contribution in [3.8, 4) is 5.69 Å². The van der Waals surface area contributed by atoms with Gasteiger partial charge in [0.25, 0.3) is 5.56 Å². The lowest BCUT2D eigenvalue weighted by molar-refractivity contribution is 0.674. The summed E-state index contributed by atoms with van der Waals surface area (Å²) in [5.41, 5.74) is 2.46. The first-order valence-electron chi connectivity index (χ1n) is 11.1. The molecule has 2 heterocycles. The van der Waals surface area contributed by atoms with Gasteiger partial charge in [-0.25, -0.2) is 4.98 Å². The molecule has 0 aliphatic carbocycles. The van der Waals surface area contributed by atoms with Crippen LogP contribution in [0.1, 0.15) is 31.3 Å². The molecule has 0 bridgehead atoms. The van der Waals surface area contributed by atoms with Gasteiger partial charge in [-0.15, -0.1) is 0 Å². The third kappa shape index (κ3) is 4.26. The lowest BCUT2D eigenvalue weighted by Crippen LogP contribution is -2.22. The summed E-state index contributed by atoms with van der Waals surface area (Å²) in [5, 5.41) is 7.53. The Labute approximate surface area is 200 Å². The van der Waals surface area contributed by atoms with Crippen molar-refractivity contribution in [2.75, 3.05) is 0 Å². The van der Waals surface area contributed by atoms with Crippen LogP contribution in [0.15, 0.2) is 93.4 Å². The maximum atomic E-state index is 13.3. The van der Waals surface area contributed by atoms with Gasteiger partial charge in [-0.05, 0) is 59.7 Å². The molecular formula is C27H23BrN4O. The minimum atomic E-state index is -0.160. The molecule has 0 radical (unpaired) electrons. The molecule has 0 saturated carbocycles. The fraction of sp³-hybridized carbons (Fsp3) is 0.148. The Morgan fingerprint density at radius 1 is 1.00 bits per heavy atom. The predicted molar refractivity (Wildman–Crippen MR) is 139 cm³/mol. The zero-order valence-electron chi connectivity index (χ0n) is 18.3. The summed E-state index contributed by atoms with van der Waals surface area (Å²) in [7, 11) is 0. The topological polar surface area (TPSA) is 52.2 Å². The number of hydrogen-bond donors (Lipinski definition) is 0. The van der Waals surface area contributed by atoms with Gasteiger partial charge >= 0.3 is 0 Å². The number of unbranched alkanes of at least 4 members (excludes halogenated alkanes) is 1. The summed E-state index contributed by atoms with van der Waals surface area (Å²) in [4.78, 5) is 18.1. The van der Waals surface area contributed by atoms with E-state index in [4.69, 9.17) is 4.98 Å². The zero-order chi connectivity index (χ0) is 22.8. The first kappa shape index (κ1) is 21.3. The van der Waals surface area contributed by atoms with Crippen LogP contribution < -0.4 is 5.56 Å². The molecule has 0 aliphatic heterocycles. The van der Waals surface area contributed by atoms with Gasteiger partial charge in [0.2, 0.25) is 0 Å². The van der Waals surface area contributed by atoms with Crippen molar-refractivity contribution < 1.29 is 0 Å². The number of hydrogen-bond acceptors (Lipinski definition) is 3. The Balaban J connectivity index is 1.58. The van der Waals surface area contributed by atoms with Crippen LogP contribution >= 0.6 is 15.9 Å². The lowest BCUT2D eigenvalue weighted by Gasteiger charge is -2.10. The number of benzene rings is 3. The Kier molecular flexibility index (Phi) is 5.92. The Morgan fingerprint density at radius 2 is 1.85 bits per heavy atom. The van der Waals surface area contributed by atoms with Gasteiger partial charge in [-0.3, -0.25) is 4.79 Å². The van der Waals surface area contributed by atoms with Gasteiger partial charge in [0.1, 0.15) is 5.82 Å². The quantitative estimate of drug-likeness (QED) is 0.257. The molecule has 2 aromatic heterocycles. The molecule has 6 heteroatoms. The number of nitrogens with zero attached hydrogens (tertiary/aromatic N) is 4. The second kappa shape index (κ2) is 9.16. The third-order valence-electron chi connectivity index (χ3n) is 5.73. The molecule has 0 amide bonds. The van der Waals surface area contributed by atoms with Gasteiger partial charge < -0.3 is 4.57 Å². The first-order chi connectivity index (χ1) is 16.1. The predicted octanol–water partition coefficient (Wildman–Crippen LogP) is 6.33. The molecule has 5 rings (SSSR count). The average molecular weight is 499 g/mol. The second-order valence-corrected chi connectivity index (χ2v) is 8.90. The van der Waals surface area contributed by atoms with E-state index in [1.165, 1.54) is 15.4 Å². The van der Waals surface area contributed by atoms with Gasteiger partial charge in [-0.1, -0.05) is 59.6 Å². The highest BCUT2D eigenvalue weighted by Gasteiger charge is 2.11. The molecule has 0 unspecified atom stereocenters. The first-order valence-corrected chi connectivity index (χ1v) is 11.9. The molecule has 3 aromatic carbocycles. The van der Waals surface area contributed by atoms with Gasteiger partial charge in [0.15, 0.2) is 0 Å². The van der Waals surface area contributed by atoms with Crippen LogP contribution in [0.2, 0.25) is 0 Å². The van der Waals surface area contributed by atoms with Gasteiger partial charge in [-0.2, -0.15) is 9.78 Å².